The highest BCUT2D eigenvalue weighted by Gasteiger charge is 2.18. The van der Waals surface area contributed by atoms with Gasteiger partial charge in [0.2, 0.25) is 0 Å². The van der Waals surface area contributed by atoms with E-state index in [2.05, 4.69) is 41.7 Å². The molecule has 0 aliphatic carbocycles. The van der Waals surface area contributed by atoms with Gasteiger partial charge in [0.15, 0.2) is 0 Å². The van der Waals surface area contributed by atoms with E-state index in [1.54, 1.807) is 11.3 Å². The van der Waals surface area contributed by atoms with Crippen molar-refractivity contribution in [3.63, 3.8) is 0 Å². The molecule has 2 atom stereocenters. The average molecular weight is 240 g/mol. The predicted octanol–water partition coefficient (Wildman–Crippen LogP) is 1.73. The number of nitrogens with zero attached hydrogens (tertiary/aromatic N) is 1. The summed E-state index contributed by atoms with van der Waals surface area (Å²) in [5, 5.41) is 5.66. The Hall–Kier alpha value is -0.420. The van der Waals surface area contributed by atoms with Gasteiger partial charge in [-0.1, -0.05) is 6.07 Å². The molecule has 1 saturated heterocycles. The molecule has 0 spiro atoms. The van der Waals surface area contributed by atoms with Gasteiger partial charge in [0.1, 0.15) is 0 Å². The van der Waals surface area contributed by atoms with Crippen molar-refractivity contribution in [3.8, 4) is 0 Å². The summed E-state index contributed by atoms with van der Waals surface area (Å²) in [6.07, 6.45) is 0.334. The number of rotatable bonds is 4. The van der Waals surface area contributed by atoms with Gasteiger partial charge < -0.3 is 15.0 Å². The highest BCUT2D eigenvalue weighted by atomic mass is 32.1. The van der Waals surface area contributed by atoms with Crippen LogP contribution >= 0.6 is 11.3 Å². The third kappa shape index (κ3) is 3.28. The zero-order valence-electron chi connectivity index (χ0n) is 9.98. The summed E-state index contributed by atoms with van der Waals surface area (Å²) in [7, 11) is 2.15. The summed E-state index contributed by atoms with van der Waals surface area (Å²) in [6.45, 7) is 6.08. The van der Waals surface area contributed by atoms with Crippen molar-refractivity contribution < 1.29 is 4.74 Å². The highest BCUT2D eigenvalue weighted by molar-refractivity contribution is 7.10. The molecule has 1 aromatic rings. The summed E-state index contributed by atoms with van der Waals surface area (Å²) in [5.74, 6) is 0. The van der Waals surface area contributed by atoms with E-state index in [4.69, 9.17) is 4.74 Å². The van der Waals surface area contributed by atoms with Crippen LogP contribution in [0.25, 0.3) is 0 Å². The van der Waals surface area contributed by atoms with E-state index in [1.165, 1.54) is 4.88 Å². The lowest BCUT2D eigenvalue weighted by Crippen LogP contribution is -2.45. The smallest absolute Gasteiger partial charge is 0.0826 e. The molecule has 3 nitrogen and oxygen atoms in total. The van der Waals surface area contributed by atoms with E-state index < -0.39 is 0 Å². The zero-order valence-corrected chi connectivity index (χ0v) is 10.8. The predicted molar refractivity (Wildman–Crippen MR) is 68.0 cm³/mol. The summed E-state index contributed by atoms with van der Waals surface area (Å²) < 4.78 is 5.72. The summed E-state index contributed by atoms with van der Waals surface area (Å²) in [5.41, 5.74) is 0. The topological polar surface area (TPSA) is 24.5 Å². The monoisotopic (exact) mass is 240 g/mol. The molecule has 1 unspecified atom stereocenters. The van der Waals surface area contributed by atoms with Gasteiger partial charge in [-0.2, -0.15) is 0 Å². The van der Waals surface area contributed by atoms with E-state index in [0.717, 1.165) is 26.2 Å². The Kier molecular flexibility index (Phi) is 4.35. The Bertz CT molecular complexity index is 302. The van der Waals surface area contributed by atoms with Crippen LogP contribution in [0.1, 0.15) is 17.8 Å². The number of hydrogen-bond acceptors (Lipinski definition) is 4. The number of likely N-dealkylation sites (N-methyl/N-ethyl adjacent to an activating group) is 1. The van der Waals surface area contributed by atoms with Crippen LogP contribution in [0, 0.1) is 0 Å². The zero-order chi connectivity index (χ0) is 11.4. The molecule has 90 valence electrons. The molecule has 0 aromatic carbocycles. The molecule has 0 amide bonds. The van der Waals surface area contributed by atoms with Gasteiger partial charge in [0.25, 0.3) is 0 Å². The van der Waals surface area contributed by atoms with Crippen molar-refractivity contribution in [1.82, 2.24) is 10.2 Å². The van der Waals surface area contributed by atoms with E-state index in [-0.39, 0.29) is 0 Å². The first kappa shape index (κ1) is 12.0. The van der Waals surface area contributed by atoms with Crippen molar-refractivity contribution >= 4 is 11.3 Å². The first-order valence-corrected chi connectivity index (χ1v) is 6.70. The Morgan fingerprint density at radius 2 is 2.56 bits per heavy atom. The maximum Gasteiger partial charge on any atom is 0.0826 e. The van der Waals surface area contributed by atoms with E-state index in [0.29, 0.717) is 12.1 Å². The lowest BCUT2D eigenvalue weighted by Gasteiger charge is -2.30. The highest BCUT2D eigenvalue weighted by Crippen LogP contribution is 2.18. The molecule has 1 aliphatic rings. The van der Waals surface area contributed by atoms with Crippen LogP contribution < -0.4 is 5.32 Å². The number of nitrogens with one attached hydrogen (secondary N) is 1. The van der Waals surface area contributed by atoms with E-state index >= 15 is 0 Å². The fourth-order valence-electron chi connectivity index (χ4n) is 1.94. The quantitative estimate of drug-likeness (QED) is 0.867. The van der Waals surface area contributed by atoms with Crippen LogP contribution in [-0.4, -0.2) is 44.3 Å². The maximum atomic E-state index is 5.72. The molecule has 0 radical (unpaired) electrons. The molecule has 1 aromatic heterocycles. The Labute approximate surface area is 101 Å². The Morgan fingerprint density at radius 3 is 3.25 bits per heavy atom. The molecule has 2 rings (SSSR count). The number of ether oxygens (including phenoxy) is 1. The minimum Gasteiger partial charge on any atom is -0.374 e. The molecule has 1 aliphatic heterocycles. The molecule has 1 fully saturated rings. The molecular formula is C12H20N2OS. The van der Waals surface area contributed by atoms with Gasteiger partial charge >= 0.3 is 0 Å². The van der Waals surface area contributed by atoms with Crippen LogP contribution in [-0.2, 0) is 4.74 Å². The van der Waals surface area contributed by atoms with Crippen LogP contribution in [0.2, 0.25) is 0 Å². The Balaban J connectivity index is 1.74. The fourth-order valence-corrected chi connectivity index (χ4v) is 2.70. The van der Waals surface area contributed by atoms with Crippen molar-refractivity contribution in [2.45, 2.75) is 19.1 Å². The lowest BCUT2D eigenvalue weighted by atomic mass is 10.2. The van der Waals surface area contributed by atoms with Crippen molar-refractivity contribution in [3.05, 3.63) is 22.4 Å². The van der Waals surface area contributed by atoms with Gasteiger partial charge in [0, 0.05) is 30.6 Å². The minimum absolute atomic E-state index is 0.334. The number of morpholine rings is 1. The van der Waals surface area contributed by atoms with Gasteiger partial charge in [-0.25, -0.2) is 0 Å². The molecule has 0 bridgehead atoms. The SMILES string of the molecule is C[C@@H](NCC1CN(C)CCO1)c1cccs1. The first-order valence-electron chi connectivity index (χ1n) is 5.82. The van der Waals surface area contributed by atoms with Gasteiger partial charge in [-0.15, -0.1) is 11.3 Å². The second kappa shape index (κ2) is 5.77. The molecule has 0 saturated carbocycles. The standard InChI is InChI=1S/C12H20N2OS/c1-10(12-4-3-7-16-12)13-8-11-9-14(2)5-6-15-11/h3-4,7,10-11,13H,5-6,8-9H2,1-2H3/t10-,11?/m1/s1. The van der Waals surface area contributed by atoms with Gasteiger partial charge in [-0.3, -0.25) is 0 Å². The first-order chi connectivity index (χ1) is 7.75. The molecule has 4 heteroatoms. The third-order valence-corrected chi connectivity index (χ3v) is 4.02. The van der Waals surface area contributed by atoms with Crippen LogP contribution in [0.5, 0.6) is 0 Å². The normalized spacial score (nSPS) is 24.5. The largest absolute Gasteiger partial charge is 0.374 e. The van der Waals surface area contributed by atoms with Crippen LogP contribution in [0.4, 0.5) is 0 Å². The van der Waals surface area contributed by atoms with Gasteiger partial charge in [0.05, 0.1) is 12.7 Å². The molecule has 1 N–H and O–H groups in total. The second-order valence-electron chi connectivity index (χ2n) is 4.40. The van der Waals surface area contributed by atoms with Crippen LogP contribution in [0.3, 0.4) is 0 Å². The van der Waals surface area contributed by atoms with Crippen molar-refractivity contribution in [2.24, 2.45) is 0 Å². The minimum atomic E-state index is 0.334. The summed E-state index contributed by atoms with van der Waals surface area (Å²) in [6, 6.07) is 4.70. The maximum absolute atomic E-state index is 5.72. The molecule has 16 heavy (non-hydrogen) atoms. The average Bonchev–Trinajstić information content (AvgIpc) is 2.79. The van der Waals surface area contributed by atoms with Crippen LogP contribution in [0.15, 0.2) is 17.5 Å². The fraction of sp³-hybridized carbons (Fsp3) is 0.667. The molecule has 2 heterocycles. The van der Waals surface area contributed by atoms with Gasteiger partial charge in [-0.05, 0) is 25.4 Å². The number of hydrogen-bond donors (Lipinski definition) is 1. The van der Waals surface area contributed by atoms with E-state index in [1.807, 2.05) is 0 Å². The molecular weight excluding hydrogens is 220 g/mol. The van der Waals surface area contributed by atoms with Crippen molar-refractivity contribution in [1.29, 1.82) is 0 Å². The Morgan fingerprint density at radius 1 is 1.69 bits per heavy atom. The summed E-state index contributed by atoms with van der Waals surface area (Å²) in [4.78, 5) is 3.72. The van der Waals surface area contributed by atoms with Crippen molar-refractivity contribution in [2.75, 3.05) is 33.3 Å². The van der Waals surface area contributed by atoms with E-state index in [9.17, 15) is 0 Å². The number of thiophene rings is 1. The lowest BCUT2D eigenvalue weighted by molar-refractivity contribution is -0.0190. The third-order valence-electron chi connectivity index (χ3n) is 2.96. The second-order valence-corrected chi connectivity index (χ2v) is 5.38. The summed E-state index contributed by atoms with van der Waals surface area (Å²) >= 11 is 1.80.